The number of hydrogen-bond donors (Lipinski definition) is 0. The molecule has 4 aromatic rings. The van der Waals surface area contributed by atoms with Gasteiger partial charge in [0.2, 0.25) is 5.16 Å². The second-order valence-corrected chi connectivity index (χ2v) is 7.56. The molecule has 5 nitrogen and oxygen atoms in total. The van der Waals surface area contributed by atoms with Crippen LogP contribution in [0.4, 0.5) is 0 Å². The first-order chi connectivity index (χ1) is 11.9. The Morgan fingerprint density at radius 1 is 1.04 bits per heavy atom. The summed E-state index contributed by atoms with van der Waals surface area (Å²) in [6.07, 6.45) is 4.00. The van der Waals surface area contributed by atoms with Gasteiger partial charge < -0.3 is 0 Å². The Balaban J connectivity index is 1.62. The lowest BCUT2D eigenvalue weighted by atomic mass is 10.3. The number of thiophene rings is 1. The summed E-state index contributed by atoms with van der Waals surface area (Å²) in [6, 6.07) is 12.4. The number of benzene rings is 1. The molecule has 0 aliphatic heterocycles. The fraction of sp³-hybridized carbons (Fsp3) is 0.176. The maximum Gasteiger partial charge on any atom is 0.202 e. The minimum absolute atomic E-state index is 0.527. The van der Waals surface area contributed by atoms with E-state index in [2.05, 4.69) is 42.9 Å². The van der Waals surface area contributed by atoms with Crippen molar-refractivity contribution < 1.29 is 0 Å². The number of fused-ring (bicyclic) bond motifs is 1. The van der Waals surface area contributed by atoms with Gasteiger partial charge in [0.05, 0.1) is 0 Å². The lowest BCUT2D eigenvalue weighted by Gasteiger charge is -2.09. The molecular formula is C17H13N5S2. The van der Waals surface area contributed by atoms with E-state index in [1.54, 1.807) is 29.4 Å². The Morgan fingerprint density at radius 3 is 2.75 bits per heavy atom. The Labute approximate surface area is 146 Å². The van der Waals surface area contributed by atoms with E-state index in [0.29, 0.717) is 5.92 Å². The number of hydrogen-bond acceptors (Lipinski definition) is 6. The maximum absolute atomic E-state index is 4.47. The summed E-state index contributed by atoms with van der Waals surface area (Å²) < 4.78 is 2.17. The lowest BCUT2D eigenvalue weighted by molar-refractivity contribution is 0.828. The van der Waals surface area contributed by atoms with Crippen molar-refractivity contribution in [2.45, 2.75) is 28.9 Å². The minimum atomic E-state index is 0.527. The molecule has 24 heavy (non-hydrogen) atoms. The van der Waals surface area contributed by atoms with Crippen LogP contribution >= 0.6 is 23.1 Å². The highest BCUT2D eigenvalue weighted by molar-refractivity contribution is 7.99. The van der Waals surface area contributed by atoms with E-state index >= 15 is 0 Å². The molecule has 3 heterocycles. The van der Waals surface area contributed by atoms with Crippen molar-refractivity contribution in [3.8, 4) is 5.69 Å². The van der Waals surface area contributed by atoms with Gasteiger partial charge in [-0.1, -0.05) is 18.2 Å². The quantitative estimate of drug-likeness (QED) is 0.513. The Morgan fingerprint density at radius 2 is 1.92 bits per heavy atom. The largest absolute Gasteiger partial charge is 0.273 e. The first kappa shape index (κ1) is 14.1. The fourth-order valence-electron chi connectivity index (χ4n) is 2.71. The maximum atomic E-state index is 4.47. The van der Waals surface area contributed by atoms with Crippen molar-refractivity contribution in [1.82, 2.24) is 24.7 Å². The minimum Gasteiger partial charge on any atom is -0.273 e. The van der Waals surface area contributed by atoms with E-state index in [0.717, 1.165) is 31.9 Å². The van der Waals surface area contributed by atoms with Crippen LogP contribution in [-0.2, 0) is 0 Å². The van der Waals surface area contributed by atoms with Gasteiger partial charge in [0.1, 0.15) is 22.0 Å². The highest BCUT2D eigenvalue weighted by atomic mass is 32.2. The van der Waals surface area contributed by atoms with Gasteiger partial charge in [0.15, 0.2) is 0 Å². The molecule has 0 N–H and O–H groups in total. The molecule has 1 saturated carbocycles. The van der Waals surface area contributed by atoms with E-state index in [-0.39, 0.29) is 0 Å². The normalized spacial score (nSPS) is 14.3. The zero-order valence-corrected chi connectivity index (χ0v) is 14.3. The van der Waals surface area contributed by atoms with Gasteiger partial charge in [-0.2, -0.15) is 0 Å². The molecule has 0 radical (unpaired) electrons. The second kappa shape index (κ2) is 5.68. The summed E-state index contributed by atoms with van der Waals surface area (Å²) in [5, 5.41) is 13.8. The average molecular weight is 351 g/mol. The topological polar surface area (TPSA) is 56.5 Å². The van der Waals surface area contributed by atoms with E-state index in [9.17, 15) is 0 Å². The predicted octanol–water partition coefficient (Wildman–Crippen LogP) is 4.30. The van der Waals surface area contributed by atoms with Crippen molar-refractivity contribution in [2.24, 2.45) is 0 Å². The lowest BCUT2D eigenvalue weighted by Crippen LogP contribution is -2.01. The van der Waals surface area contributed by atoms with Gasteiger partial charge in [-0.25, -0.2) is 9.97 Å². The molecule has 1 aromatic carbocycles. The Kier molecular flexibility index (Phi) is 3.34. The van der Waals surface area contributed by atoms with Crippen LogP contribution in [0.15, 0.2) is 58.3 Å². The molecule has 1 aliphatic carbocycles. The number of nitrogens with zero attached hydrogens (tertiary/aromatic N) is 5. The third-order valence-electron chi connectivity index (χ3n) is 4.03. The van der Waals surface area contributed by atoms with Crippen molar-refractivity contribution in [3.63, 3.8) is 0 Å². The third-order valence-corrected chi connectivity index (χ3v) is 5.81. The molecule has 0 saturated heterocycles. The van der Waals surface area contributed by atoms with Crippen LogP contribution < -0.4 is 0 Å². The predicted molar refractivity (Wildman–Crippen MR) is 94.9 cm³/mol. The van der Waals surface area contributed by atoms with Crippen LogP contribution in [0.5, 0.6) is 0 Å². The van der Waals surface area contributed by atoms with Gasteiger partial charge >= 0.3 is 0 Å². The molecule has 1 fully saturated rings. The van der Waals surface area contributed by atoms with Crippen molar-refractivity contribution in [2.75, 3.05) is 0 Å². The highest BCUT2D eigenvalue weighted by Gasteiger charge is 2.31. The van der Waals surface area contributed by atoms with Crippen LogP contribution in [0.1, 0.15) is 24.6 Å². The fourth-order valence-corrected chi connectivity index (χ4v) is 4.42. The van der Waals surface area contributed by atoms with Crippen molar-refractivity contribution >= 4 is 33.3 Å². The number of rotatable bonds is 4. The molecule has 0 unspecified atom stereocenters. The Bertz CT molecular complexity index is 1000. The van der Waals surface area contributed by atoms with Crippen LogP contribution in [0, 0.1) is 0 Å². The molecular weight excluding hydrogens is 338 g/mol. The number of aromatic nitrogens is 5. The highest BCUT2D eigenvalue weighted by Crippen LogP contribution is 2.42. The van der Waals surface area contributed by atoms with E-state index in [1.807, 2.05) is 23.6 Å². The summed E-state index contributed by atoms with van der Waals surface area (Å²) in [7, 11) is 0. The molecule has 7 heteroatoms. The summed E-state index contributed by atoms with van der Waals surface area (Å²) in [4.78, 5) is 9.78. The second-order valence-electron chi connectivity index (χ2n) is 5.71. The zero-order chi connectivity index (χ0) is 15.9. The zero-order valence-electron chi connectivity index (χ0n) is 12.7. The standard InChI is InChI=1S/C17H13N5S2/c1-2-4-12(5-3-1)22-14(11-6-7-11)20-21-17(22)24-16-13-8-9-23-15(13)18-10-19-16/h1-5,8-11H,6-7H2. The van der Waals surface area contributed by atoms with Crippen LogP contribution in [0.2, 0.25) is 0 Å². The van der Waals surface area contributed by atoms with Crippen LogP contribution in [0.25, 0.3) is 15.9 Å². The van der Waals surface area contributed by atoms with Crippen molar-refractivity contribution in [1.29, 1.82) is 0 Å². The van der Waals surface area contributed by atoms with Gasteiger partial charge in [-0.15, -0.1) is 21.5 Å². The average Bonchev–Trinajstić information content (AvgIpc) is 3.19. The van der Waals surface area contributed by atoms with Crippen LogP contribution in [0.3, 0.4) is 0 Å². The van der Waals surface area contributed by atoms with E-state index in [4.69, 9.17) is 0 Å². The first-order valence-electron chi connectivity index (χ1n) is 7.77. The smallest absolute Gasteiger partial charge is 0.202 e. The molecule has 1 aliphatic rings. The molecule has 5 rings (SSSR count). The van der Waals surface area contributed by atoms with Gasteiger partial charge in [0.25, 0.3) is 0 Å². The number of para-hydroxylation sites is 1. The molecule has 3 aromatic heterocycles. The first-order valence-corrected chi connectivity index (χ1v) is 9.46. The van der Waals surface area contributed by atoms with Crippen molar-refractivity contribution in [3.05, 3.63) is 53.9 Å². The molecule has 0 bridgehead atoms. The SMILES string of the molecule is c1ccc(-n2c(Sc3ncnc4sccc34)nnc2C2CC2)cc1. The monoisotopic (exact) mass is 351 g/mol. The Hall–Kier alpha value is -2.25. The van der Waals surface area contributed by atoms with E-state index in [1.165, 1.54) is 12.8 Å². The van der Waals surface area contributed by atoms with Gasteiger partial charge in [-0.05, 0) is 48.2 Å². The molecule has 118 valence electrons. The van der Waals surface area contributed by atoms with Crippen LogP contribution in [-0.4, -0.2) is 24.7 Å². The summed E-state index contributed by atoms with van der Waals surface area (Å²) in [5.74, 6) is 1.58. The summed E-state index contributed by atoms with van der Waals surface area (Å²) in [6.45, 7) is 0. The van der Waals surface area contributed by atoms with Gasteiger partial charge in [0, 0.05) is 17.0 Å². The summed E-state index contributed by atoms with van der Waals surface area (Å²) in [5.41, 5.74) is 1.10. The van der Waals surface area contributed by atoms with E-state index < -0.39 is 0 Å². The molecule has 0 atom stereocenters. The van der Waals surface area contributed by atoms with Gasteiger partial charge in [-0.3, -0.25) is 4.57 Å². The molecule has 0 amide bonds. The summed E-state index contributed by atoms with van der Waals surface area (Å²) >= 11 is 3.18. The molecule has 0 spiro atoms. The third kappa shape index (κ3) is 2.40.